The molecule has 52 heavy (non-hydrogen) atoms. The summed E-state index contributed by atoms with van der Waals surface area (Å²) in [5.74, 6) is -0.471. The van der Waals surface area contributed by atoms with E-state index >= 15 is 4.39 Å². The number of carbonyl (C=O) groups is 4. The third kappa shape index (κ3) is 5.92. The predicted octanol–water partition coefficient (Wildman–Crippen LogP) is 4.43. The monoisotopic (exact) mass is 742 g/mol. The Morgan fingerprint density at radius 1 is 1.02 bits per heavy atom. The number of carbonyl (C=O) groups excluding carboxylic acids is 4. The first kappa shape index (κ1) is 34.3. The fourth-order valence-corrected chi connectivity index (χ4v) is 8.94. The molecule has 4 aliphatic heterocycles. The first-order valence-corrected chi connectivity index (χ1v) is 18.5. The minimum atomic E-state index is -0.805. The molecule has 6 heterocycles. The number of piperazine rings is 1. The van der Waals surface area contributed by atoms with Gasteiger partial charge in [0.2, 0.25) is 17.7 Å². The number of aryl methyl sites for hydroxylation is 2. The third-order valence-corrected chi connectivity index (χ3v) is 12.0. The van der Waals surface area contributed by atoms with Gasteiger partial charge < -0.3 is 9.80 Å². The average molecular weight is 743 g/mol. The summed E-state index contributed by atoms with van der Waals surface area (Å²) in [6.07, 6.45) is 0.458. The van der Waals surface area contributed by atoms with E-state index in [1.165, 1.54) is 9.78 Å². The van der Waals surface area contributed by atoms with Crippen LogP contribution in [0, 0.1) is 26.6 Å². The van der Waals surface area contributed by atoms with Gasteiger partial charge in [-0.1, -0.05) is 29.8 Å². The standard InChI is InChI=1S/C37H36ClFN8O4S/c1-19-20(2)52-37-31(19)33(22-4-7-24(38)8-5-22)40-27(34-43-42-21(3)47(34)37)16-30(49)45-14-12-44(13-15-45)17-23-6-9-25-26(32(23)39)18-46(36(25)51)28-10-11-29(48)41-35(28)50/h4-9,27-28H,10-18H2,1-3H3,(H,41,48,50)/t27-,28?/m0/s1. The number of benzene rings is 2. The van der Waals surface area contributed by atoms with E-state index in [0.717, 1.165) is 33.2 Å². The Morgan fingerprint density at radius 3 is 2.50 bits per heavy atom. The highest BCUT2D eigenvalue weighted by atomic mass is 35.5. The molecule has 0 spiro atoms. The number of aliphatic imine (C=N–C) groups is 1. The van der Waals surface area contributed by atoms with Gasteiger partial charge in [-0.3, -0.25) is 39.0 Å². The molecule has 0 saturated carbocycles. The molecule has 8 rings (SSSR count). The third-order valence-electron chi connectivity index (χ3n) is 10.6. The molecule has 0 aliphatic carbocycles. The van der Waals surface area contributed by atoms with Gasteiger partial charge in [0.05, 0.1) is 18.7 Å². The lowest BCUT2D eigenvalue weighted by molar-refractivity contribution is -0.137. The minimum Gasteiger partial charge on any atom is -0.340 e. The van der Waals surface area contributed by atoms with Crippen molar-refractivity contribution in [3.8, 4) is 5.00 Å². The van der Waals surface area contributed by atoms with Gasteiger partial charge in [-0.15, -0.1) is 21.5 Å². The number of amides is 4. The van der Waals surface area contributed by atoms with Crippen LogP contribution in [-0.4, -0.2) is 91.0 Å². The number of rotatable bonds is 6. The molecule has 4 amide bonds. The second-order valence-electron chi connectivity index (χ2n) is 13.7. The SMILES string of the molecule is Cc1sc2c(c1C)C(c1ccc(Cl)cc1)=N[C@@H](CC(=O)N1CCN(Cc3ccc4c(c3F)CN(C3CCC(=O)NC3=O)C4=O)CC1)c1nnc(C)n1-2. The normalized spacial score (nSPS) is 20.3. The number of nitrogens with one attached hydrogen (secondary N) is 1. The van der Waals surface area contributed by atoms with Crippen molar-refractivity contribution in [1.29, 1.82) is 0 Å². The highest BCUT2D eigenvalue weighted by molar-refractivity contribution is 7.15. The number of aromatic nitrogens is 3. The Labute approximate surface area is 308 Å². The molecule has 1 unspecified atom stereocenters. The summed E-state index contributed by atoms with van der Waals surface area (Å²) in [6, 6.07) is 9.45. The summed E-state index contributed by atoms with van der Waals surface area (Å²) in [7, 11) is 0. The van der Waals surface area contributed by atoms with Gasteiger partial charge in [-0.25, -0.2) is 4.39 Å². The van der Waals surface area contributed by atoms with E-state index in [-0.39, 0.29) is 48.7 Å². The molecule has 2 aromatic heterocycles. The number of piperidine rings is 1. The van der Waals surface area contributed by atoms with E-state index < -0.39 is 29.7 Å². The van der Waals surface area contributed by atoms with Crippen molar-refractivity contribution in [3.05, 3.63) is 97.1 Å². The van der Waals surface area contributed by atoms with Gasteiger partial charge in [-0.05, 0) is 51.0 Å². The molecule has 2 atom stereocenters. The van der Waals surface area contributed by atoms with Crippen LogP contribution in [0.5, 0.6) is 0 Å². The number of fused-ring (bicyclic) bond motifs is 4. The van der Waals surface area contributed by atoms with E-state index in [1.807, 2.05) is 40.7 Å². The molecule has 268 valence electrons. The maximum Gasteiger partial charge on any atom is 0.255 e. The highest BCUT2D eigenvalue weighted by Gasteiger charge is 2.41. The fourth-order valence-electron chi connectivity index (χ4n) is 7.60. The number of nitrogens with zero attached hydrogens (tertiary/aromatic N) is 7. The van der Waals surface area contributed by atoms with Crippen LogP contribution >= 0.6 is 22.9 Å². The Balaban J connectivity index is 0.968. The second kappa shape index (κ2) is 13.3. The zero-order valence-corrected chi connectivity index (χ0v) is 30.5. The topological polar surface area (TPSA) is 133 Å². The van der Waals surface area contributed by atoms with Crippen molar-refractivity contribution in [2.45, 2.75) is 65.2 Å². The Hall–Kier alpha value is -4.79. The molecule has 2 fully saturated rings. The van der Waals surface area contributed by atoms with Crippen LogP contribution in [0.25, 0.3) is 5.00 Å². The van der Waals surface area contributed by atoms with Crippen LogP contribution < -0.4 is 5.32 Å². The number of halogens is 2. The summed E-state index contributed by atoms with van der Waals surface area (Å²) < 4.78 is 17.9. The van der Waals surface area contributed by atoms with Crippen molar-refractivity contribution in [2.24, 2.45) is 4.99 Å². The van der Waals surface area contributed by atoms with E-state index in [0.29, 0.717) is 49.1 Å². The van der Waals surface area contributed by atoms with Crippen molar-refractivity contribution in [2.75, 3.05) is 26.2 Å². The van der Waals surface area contributed by atoms with Crippen LogP contribution in [0.3, 0.4) is 0 Å². The maximum atomic E-state index is 15.9. The van der Waals surface area contributed by atoms with E-state index in [9.17, 15) is 19.2 Å². The number of imide groups is 1. The molecule has 4 aliphatic rings. The summed E-state index contributed by atoms with van der Waals surface area (Å²) >= 11 is 7.90. The fraction of sp³-hybridized carbons (Fsp3) is 0.378. The average Bonchev–Trinajstić information content (AvgIpc) is 3.74. The van der Waals surface area contributed by atoms with E-state index in [2.05, 4.69) is 34.3 Å². The van der Waals surface area contributed by atoms with Gasteiger partial charge in [-0.2, -0.15) is 0 Å². The van der Waals surface area contributed by atoms with E-state index in [4.69, 9.17) is 16.6 Å². The quantitative estimate of drug-likeness (QED) is 0.289. The highest BCUT2D eigenvalue weighted by Crippen LogP contribution is 2.40. The molecule has 1 N–H and O–H groups in total. The van der Waals surface area contributed by atoms with Crippen LogP contribution in [0.4, 0.5) is 4.39 Å². The Kier molecular flexibility index (Phi) is 8.79. The van der Waals surface area contributed by atoms with Gasteiger partial charge in [0.15, 0.2) is 5.82 Å². The summed E-state index contributed by atoms with van der Waals surface area (Å²) in [5.41, 5.74) is 4.78. The van der Waals surface area contributed by atoms with Crippen molar-refractivity contribution in [3.63, 3.8) is 0 Å². The number of thiophene rings is 1. The maximum absolute atomic E-state index is 15.9. The van der Waals surface area contributed by atoms with Crippen LogP contribution in [0.1, 0.15) is 80.0 Å². The van der Waals surface area contributed by atoms with Crippen molar-refractivity contribution in [1.82, 2.24) is 34.8 Å². The number of hydrogen-bond donors (Lipinski definition) is 1. The zero-order valence-electron chi connectivity index (χ0n) is 28.9. The molecular weight excluding hydrogens is 707 g/mol. The van der Waals surface area contributed by atoms with E-state index in [1.54, 1.807) is 23.5 Å². The molecule has 0 bridgehead atoms. The molecule has 2 aromatic carbocycles. The van der Waals surface area contributed by atoms with Crippen LogP contribution in [-0.2, 0) is 27.5 Å². The molecular formula is C37H36ClFN8O4S. The molecule has 12 nitrogen and oxygen atoms in total. The Bertz CT molecular complexity index is 2190. The Morgan fingerprint density at radius 2 is 1.77 bits per heavy atom. The van der Waals surface area contributed by atoms with Crippen molar-refractivity contribution >= 4 is 52.3 Å². The number of hydrogen-bond acceptors (Lipinski definition) is 9. The first-order valence-electron chi connectivity index (χ1n) is 17.3. The van der Waals surface area contributed by atoms with Crippen LogP contribution in [0.15, 0.2) is 41.4 Å². The van der Waals surface area contributed by atoms with Gasteiger partial charge in [0.25, 0.3) is 5.91 Å². The zero-order chi connectivity index (χ0) is 36.4. The molecule has 0 radical (unpaired) electrons. The lowest BCUT2D eigenvalue weighted by atomic mass is 9.99. The van der Waals surface area contributed by atoms with Crippen molar-refractivity contribution < 1.29 is 23.6 Å². The lowest BCUT2D eigenvalue weighted by Crippen LogP contribution is -2.52. The predicted molar refractivity (Wildman–Crippen MR) is 192 cm³/mol. The molecule has 2 saturated heterocycles. The lowest BCUT2D eigenvalue weighted by Gasteiger charge is -2.35. The smallest absolute Gasteiger partial charge is 0.255 e. The van der Waals surface area contributed by atoms with Gasteiger partial charge >= 0.3 is 0 Å². The first-order chi connectivity index (χ1) is 25.0. The second-order valence-corrected chi connectivity index (χ2v) is 15.4. The largest absolute Gasteiger partial charge is 0.340 e. The summed E-state index contributed by atoms with van der Waals surface area (Å²) in [6.45, 7) is 8.38. The molecule has 4 aromatic rings. The minimum absolute atomic E-state index is 0.0221. The van der Waals surface area contributed by atoms with Crippen LogP contribution in [0.2, 0.25) is 5.02 Å². The summed E-state index contributed by atoms with van der Waals surface area (Å²) in [5, 5.41) is 12.8. The molecule has 15 heteroatoms. The van der Waals surface area contributed by atoms with Gasteiger partial charge in [0, 0.05) is 76.9 Å². The van der Waals surface area contributed by atoms with Gasteiger partial charge in [0.1, 0.15) is 28.7 Å². The summed E-state index contributed by atoms with van der Waals surface area (Å²) in [4.78, 5) is 62.7.